The normalized spacial score (nSPS) is 11.7. The number of anilines is 1. The second-order valence-corrected chi connectivity index (χ2v) is 13.0. The van der Waals surface area contributed by atoms with E-state index in [0.29, 0.717) is 25.5 Å². The first-order chi connectivity index (χ1) is 20.9. The van der Waals surface area contributed by atoms with E-state index in [0.717, 1.165) is 25.0 Å². The van der Waals surface area contributed by atoms with Gasteiger partial charge in [0.2, 0.25) is 0 Å². The van der Waals surface area contributed by atoms with Gasteiger partial charge in [0.15, 0.2) is 0 Å². The molecule has 43 heavy (non-hydrogen) atoms. The molecule has 2 aromatic rings. The van der Waals surface area contributed by atoms with Gasteiger partial charge < -0.3 is 24.2 Å². The monoisotopic (exact) mass is 621 g/mol. The third-order valence-corrected chi connectivity index (χ3v) is 8.01. The molecule has 1 aromatic carbocycles. The summed E-state index contributed by atoms with van der Waals surface area (Å²) in [6.45, 7) is 5.23. The number of benzene rings is 1. The standard InChI is InChI=1S/C33H56N3O6P/c1-2-3-4-5-6-7-8-9-10-11-12-13-14-18-26-41-27-19-23-36(29-31-20-16-15-17-21-31)32-22-24-35(33(37)34-32)25-28-42-30-43(38,39)40/h15-17,20-22,24H,2-14,18-19,23,25-30H2,1H3,(H2,38,39,40). The molecule has 0 aliphatic carbocycles. The first kappa shape index (κ1) is 37.2. The fourth-order valence-corrected chi connectivity index (χ4v) is 5.42. The van der Waals surface area contributed by atoms with Crippen LogP contribution in [0.1, 0.15) is 109 Å². The second-order valence-electron chi connectivity index (χ2n) is 11.4. The maximum Gasteiger partial charge on any atom is 0.350 e. The van der Waals surface area contributed by atoms with Gasteiger partial charge in [0.05, 0.1) is 13.2 Å². The zero-order chi connectivity index (χ0) is 31.0. The minimum atomic E-state index is -4.23. The van der Waals surface area contributed by atoms with E-state index in [1.165, 1.54) is 88.0 Å². The predicted molar refractivity (Wildman–Crippen MR) is 175 cm³/mol. The predicted octanol–water partition coefficient (Wildman–Crippen LogP) is 7.29. The molecule has 0 aliphatic rings. The molecular weight excluding hydrogens is 565 g/mol. The number of hydrogen-bond donors (Lipinski definition) is 2. The van der Waals surface area contributed by atoms with Gasteiger partial charge in [-0.05, 0) is 24.5 Å². The molecule has 9 nitrogen and oxygen atoms in total. The van der Waals surface area contributed by atoms with E-state index in [-0.39, 0.29) is 13.2 Å². The molecule has 0 bridgehead atoms. The Morgan fingerprint density at radius 2 is 1.35 bits per heavy atom. The molecule has 0 saturated carbocycles. The Morgan fingerprint density at radius 1 is 0.767 bits per heavy atom. The Bertz CT molecular complexity index is 1060. The van der Waals surface area contributed by atoms with Gasteiger partial charge in [-0.3, -0.25) is 9.13 Å². The van der Waals surface area contributed by atoms with Gasteiger partial charge in [-0.1, -0.05) is 121 Å². The highest BCUT2D eigenvalue weighted by atomic mass is 31.2. The molecule has 2 rings (SSSR count). The summed E-state index contributed by atoms with van der Waals surface area (Å²) in [6.07, 6.45) is 20.7. The lowest BCUT2D eigenvalue weighted by atomic mass is 10.0. The number of hydrogen-bond acceptors (Lipinski definition) is 6. The SMILES string of the molecule is CCCCCCCCCCCCCCCCOCCCN(Cc1ccccc1)c1ccn(CCOCP(=O)(O)O)c(=O)n1. The van der Waals surface area contributed by atoms with E-state index in [4.69, 9.17) is 19.3 Å². The Balaban J connectivity index is 1.62. The smallest absolute Gasteiger partial charge is 0.350 e. The topological polar surface area (TPSA) is 114 Å². The van der Waals surface area contributed by atoms with E-state index in [1.54, 1.807) is 12.3 Å². The summed E-state index contributed by atoms with van der Waals surface area (Å²) in [7, 11) is -4.23. The molecule has 0 amide bonds. The van der Waals surface area contributed by atoms with Crippen LogP contribution in [-0.2, 0) is 27.1 Å². The van der Waals surface area contributed by atoms with Crippen LogP contribution in [0.25, 0.3) is 0 Å². The molecule has 244 valence electrons. The third kappa shape index (κ3) is 19.1. The van der Waals surface area contributed by atoms with Crippen LogP contribution in [0, 0.1) is 0 Å². The van der Waals surface area contributed by atoms with Crippen molar-refractivity contribution in [2.24, 2.45) is 0 Å². The summed E-state index contributed by atoms with van der Waals surface area (Å²) < 4.78 is 23.2. The summed E-state index contributed by atoms with van der Waals surface area (Å²) in [5.41, 5.74) is 0.701. The molecule has 0 spiro atoms. The summed E-state index contributed by atoms with van der Waals surface area (Å²) in [6, 6.07) is 11.9. The van der Waals surface area contributed by atoms with Crippen molar-refractivity contribution in [1.29, 1.82) is 0 Å². The number of rotatable bonds is 27. The highest BCUT2D eigenvalue weighted by molar-refractivity contribution is 7.51. The Labute approximate surface area is 259 Å². The highest BCUT2D eigenvalue weighted by Gasteiger charge is 2.13. The summed E-state index contributed by atoms with van der Waals surface area (Å²) in [5, 5.41) is 0. The molecule has 2 N–H and O–H groups in total. The van der Waals surface area contributed by atoms with Crippen molar-refractivity contribution in [2.45, 2.75) is 116 Å². The van der Waals surface area contributed by atoms with Crippen LogP contribution in [0.15, 0.2) is 47.4 Å². The molecule has 1 heterocycles. The maximum atomic E-state index is 12.6. The van der Waals surface area contributed by atoms with Crippen LogP contribution in [0.3, 0.4) is 0 Å². The van der Waals surface area contributed by atoms with Crippen LogP contribution in [0.2, 0.25) is 0 Å². The number of unbranched alkanes of at least 4 members (excludes halogenated alkanes) is 13. The molecule has 0 fully saturated rings. The minimum Gasteiger partial charge on any atom is -0.381 e. The van der Waals surface area contributed by atoms with Crippen molar-refractivity contribution in [2.75, 3.05) is 37.6 Å². The Kier molecular flexibility index (Phi) is 20.2. The van der Waals surface area contributed by atoms with Crippen LogP contribution in [-0.4, -0.2) is 52.1 Å². The third-order valence-electron chi connectivity index (χ3n) is 7.49. The fraction of sp³-hybridized carbons (Fsp3) is 0.697. The van der Waals surface area contributed by atoms with Gasteiger partial charge in [-0.25, -0.2) is 4.79 Å². The first-order valence-electron chi connectivity index (χ1n) is 16.5. The van der Waals surface area contributed by atoms with Crippen LogP contribution in [0.5, 0.6) is 0 Å². The van der Waals surface area contributed by atoms with E-state index < -0.39 is 19.6 Å². The van der Waals surface area contributed by atoms with Crippen LogP contribution >= 0.6 is 7.60 Å². The van der Waals surface area contributed by atoms with Crippen molar-refractivity contribution in [3.8, 4) is 0 Å². The van der Waals surface area contributed by atoms with Gasteiger partial charge in [0.25, 0.3) is 0 Å². The van der Waals surface area contributed by atoms with Gasteiger partial charge in [-0.2, -0.15) is 4.98 Å². The van der Waals surface area contributed by atoms with E-state index >= 15 is 0 Å². The average Bonchev–Trinajstić information content (AvgIpc) is 2.98. The lowest BCUT2D eigenvalue weighted by Crippen LogP contribution is -2.31. The van der Waals surface area contributed by atoms with Gasteiger partial charge in [0, 0.05) is 32.5 Å². The fourth-order valence-electron chi connectivity index (χ4n) is 5.05. The Hall–Kier alpha value is -2.03. The lowest BCUT2D eigenvalue weighted by Gasteiger charge is -2.24. The van der Waals surface area contributed by atoms with Crippen molar-refractivity contribution in [3.63, 3.8) is 0 Å². The molecule has 0 unspecified atom stereocenters. The number of aromatic nitrogens is 2. The molecule has 1 aromatic heterocycles. The van der Waals surface area contributed by atoms with Crippen molar-refractivity contribution in [3.05, 3.63) is 58.6 Å². The van der Waals surface area contributed by atoms with E-state index in [9.17, 15) is 9.36 Å². The second kappa shape index (κ2) is 23.4. The van der Waals surface area contributed by atoms with Gasteiger partial charge >= 0.3 is 13.3 Å². The zero-order valence-electron chi connectivity index (χ0n) is 26.4. The van der Waals surface area contributed by atoms with E-state index in [2.05, 4.69) is 28.9 Å². The molecule has 0 saturated heterocycles. The van der Waals surface area contributed by atoms with Crippen molar-refractivity contribution in [1.82, 2.24) is 9.55 Å². The van der Waals surface area contributed by atoms with Crippen LogP contribution in [0.4, 0.5) is 5.82 Å². The zero-order valence-corrected chi connectivity index (χ0v) is 27.3. The summed E-state index contributed by atoms with van der Waals surface area (Å²) in [4.78, 5) is 36.8. The van der Waals surface area contributed by atoms with Gasteiger partial charge in [0.1, 0.15) is 12.2 Å². The van der Waals surface area contributed by atoms with Crippen LogP contribution < -0.4 is 10.6 Å². The molecule has 0 radical (unpaired) electrons. The lowest BCUT2D eigenvalue weighted by molar-refractivity contribution is 0.128. The van der Waals surface area contributed by atoms with Crippen molar-refractivity contribution < 1.29 is 23.8 Å². The molecule has 0 aliphatic heterocycles. The average molecular weight is 622 g/mol. The molecular formula is C33H56N3O6P. The maximum absolute atomic E-state index is 12.6. The minimum absolute atomic E-state index is 0.0103. The molecule has 0 atom stereocenters. The van der Waals surface area contributed by atoms with E-state index in [1.807, 2.05) is 18.2 Å². The summed E-state index contributed by atoms with van der Waals surface area (Å²) >= 11 is 0. The number of nitrogens with zero attached hydrogens (tertiary/aromatic N) is 3. The van der Waals surface area contributed by atoms with Crippen molar-refractivity contribution >= 4 is 13.4 Å². The largest absolute Gasteiger partial charge is 0.381 e. The Morgan fingerprint density at radius 3 is 1.93 bits per heavy atom. The van der Waals surface area contributed by atoms with Gasteiger partial charge in [-0.15, -0.1) is 0 Å². The first-order valence-corrected chi connectivity index (χ1v) is 18.2. The number of ether oxygens (including phenoxy) is 2. The summed E-state index contributed by atoms with van der Waals surface area (Å²) in [5.74, 6) is 0.591. The highest BCUT2D eigenvalue weighted by Crippen LogP contribution is 2.33. The molecule has 10 heteroatoms. The quantitative estimate of drug-likeness (QED) is 0.0790.